The Balaban J connectivity index is 0.000000509. The van der Waals surface area contributed by atoms with Gasteiger partial charge in [0.15, 0.2) is 0 Å². The number of ether oxygens (including phenoxy) is 1. The van der Waals surface area contributed by atoms with Gasteiger partial charge in [0.2, 0.25) is 0 Å². The van der Waals surface area contributed by atoms with Gasteiger partial charge < -0.3 is 14.9 Å². The molecule has 0 aliphatic heterocycles. The molecule has 0 radical (unpaired) electrons. The van der Waals surface area contributed by atoms with E-state index in [-0.39, 0.29) is 41.7 Å². The minimum Gasteiger partial charge on any atom is -0.872 e. The molecule has 0 bridgehead atoms. The van der Waals surface area contributed by atoms with Crippen molar-refractivity contribution in [2.45, 2.75) is 12.8 Å². The van der Waals surface area contributed by atoms with Gasteiger partial charge in [-0.3, -0.25) is 4.79 Å². The molecule has 0 aliphatic rings. The second-order valence-electron chi connectivity index (χ2n) is 4.23. The molecule has 0 aromatic heterocycles. The monoisotopic (exact) mass is 364 g/mol. The van der Waals surface area contributed by atoms with Crippen LogP contribution in [0, 0.1) is 0 Å². The first-order valence-electron chi connectivity index (χ1n) is 6.50. The molecule has 0 amide bonds. The van der Waals surface area contributed by atoms with Gasteiger partial charge in [0.05, 0.1) is 11.6 Å². The third kappa shape index (κ3) is 10.5. The Labute approximate surface area is 167 Å². The van der Waals surface area contributed by atoms with Crippen LogP contribution in [-0.4, -0.2) is 17.7 Å². The van der Waals surface area contributed by atoms with E-state index in [4.69, 9.17) is 33.0 Å². The molecule has 0 fully saturated rings. The molecule has 0 aliphatic carbocycles. The van der Waals surface area contributed by atoms with Crippen LogP contribution in [0.15, 0.2) is 48.5 Å². The number of hydrogen-bond donors (Lipinski definition) is 1. The van der Waals surface area contributed by atoms with Gasteiger partial charge >= 0.3 is 35.5 Å². The van der Waals surface area contributed by atoms with Crippen LogP contribution in [0.1, 0.15) is 12.8 Å². The molecule has 7 heteroatoms. The molecule has 4 nitrogen and oxygen atoms in total. The van der Waals surface area contributed by atoms with E-state index in [0.717, 1.165) is 0 Å². The summed E-state index contributed by atoms with van der Waals surface area (Å²) < 4.78 is 5.29. The smallest absolute Gasteiger partial charge is 0.872 e. The van der Waals surface area contributed by atoms with Crippen LogP contribution < -0.4 is 39.4 Å². The fraction of sp³-hybridized carbons (Fsp3) is 0.188. The zero-order valence-corrected chi connectivity index (χ0v) is 16.2. The molecule has 0 atom stereocenters. The van der Waals surface area contributed by atoms with Crippen molar-refractivity contribution in [2.24, 2.45) is 0 Å². The second-order valence-corrected chi connectivity index (χ2v) is 5.08. The van der Waals surface area contributed by atoms with E-state index < -0.39 is 5.97 Å². The molecule has 2 rings (SSSR count). The number of carboxylic acids is 1. The van der Waals surface area contributed by atoms with Crippen LogP contribution in [0.3, 0.4) is 0 Å². The molecular weight excluding hydrogens is 350 g/mol. The van der Waals surface area contributed by atoms with Gasteiger partial charge in [-0.2, -0.15) is 0 Å². The summed E-state index contributed by atoms with van der Waals surface area (Å²) in [5.41, 5.74) is 0. The average Bonchev–Trinajstić information content (AvgIpc) is 2.46. The largest absolute Gasteiger partial charge is 1.00 e. The number of para-hydroxylation sites is 1. The van der Waals surface area contributed by atoms with E-state index in [2.05, 4.69) is 0 Å². The van der Waals surface area contributed by atoms with Crippen LogP contribution in [0.2, 0.25) is 10.0 Å². The molecule has 0 saturated heterocycles. The first-order chi connectivity index (χ1) is 10.5. The van der Waals surface area contributed by atoms with Gasteiger partial charge in [0.1, 0.15) is 5.75 Å². The Bertz CT molecular complexity index is 594. The normalized spacial score (nSPS) is 9.13. The van der Waals surface area contributed by atoms with E-state index in [1.165, 1.54) is 12.1 Å². The van der Waals surface area contributed by atoms with Crippen molar-refractivity contribution in [3.05, 3.63) is 58.6 Å². The van der Waals surface area contributed by atoms with Crippen LogP contribution in [0.5, 0.6) is 11.5 Å². The summed E-state index contributed by atoms with van der Waals surface area (Å²) in [6, 6.07) is 13.2. The van der Waals surface area contributed by atoms with E-state index in [1.807, 2.05) is 6.07 Å². The number of benzene rings is 2. The van der Waals surface area contributed by atoms with Crippen molar-refractivity contribution in [1.29, 1.82) is 0 Å². The summed E-state index contributed by atoms with van der Waals surface area (Å²) in [6.45, 7) is 0.327. The van der Waals surface area contributed by atoms with Gasteiger partial charge in [-0.15, -0.1) is 5.75 Å². The van der Waals surface area contributed by atoms with Crippen LogP contribution >= 0.6 is 23.2 Å². The molecule has 2 aromatic rings. The fourth-order valence-corrected chi connectivity index (χ4v) is 1.88. The SMILES string of the molecule is O=C(O)CCCOc1ccc(Cl)cc1Cl.[Na+].[O-]c1ccccc1. The molecule has 23 heavy (non-hydrogen) atoms. The maximum atomic E-state index is 10.3. The second kappa shape index (κ2) is 12.5. The van der Waals surface area contributed by atoms with Gasteiger partial charge in [0.25, 0.3) is 0 Å². The number of hydrogen-bond acceptors (Lipinski definition) is 3. The molecule has 2 aromatic carbocycles. The Morgan fingerprint density at radius 2 is 1.78 bits per heavy atom. The van der Waals surface area contributed by atoms with E-state index in [0.29, 0.717) is 28.8 Å². The minimum atomic E-state index is -0.833. The predicted molar refractivity (Wildman–Crippen MR) is 84.7 cm³/mol. The number of rotatable bonds is 5. The van der Waals surface area contributed by atoms with E-state index in [1.54, 1.807) is 30.3 Å². The summed E-state index contributed by atoms with van der Waals surface area (Å²) >= 11 is 11.5. The number of aliphatic carboxylic acids is 1. The molecule has 0 spiro atoms. The summed E-state index contributed by atoms with van der Waals surface area (Å²) in [6.07, 6.45) is 0.541. The van der Waals surface area contributed by atoms with Crippen molar-refractivity contribution >= 4 is 29.2 Å². The van der Waals surface area contributed by atoms with Crippen molar-refractivity contribution < 1.29 is 49.3 Å². The van der Waals surface area contributed by atoms with E-state index in [9.17, 15) is 9.90 Å². The number of carbonyl (C=O) groups is 1. The van der Waals surface area contributed by atoms with E-state index >= 15 is 0 Å². The summed E-state index contributed by atoms with van der Waals surface area (Å²) in [7, 11) is 0. The summed E-state index contributed by atoms with van der Waals surface area (Å²) in [5.74, 6) is -0.241. The molecule has 0 heterocycles. The third-order valence-corrected chi connectivity index (χ3v) is 2.96. The Hall–Kier alpha value is -0.910. The first-order valence-corrected chi connectivity index (χ1v) is 7.26. The van der Waals surface area contributed by atoms with Crippen molar-refractivity contribution in [1.82, 2.24) is 0 Å². The van der Waals surface area contributed by atoms with Crippen molar-refractivity contribution in [2.75, 3.05) is 6.61 Å². The molecule has 0 saturated carbocycles. The zero-order valence-electron chi connectivity index (χ0n) is 12.7. The summed E-state index contributed by atoms with van der Waals surface area (Å²) in [4.78, 5) is 10.2. The van der Waals surface area contributed by atoms with Gasteiger partial charge in [0, 0.05) is 11.4 Å². The first kappa shape index (κ1) is 22.1. The predicted octanol–water partition coefficient (Wildman–Crippen LogP) is 1.00. The van der Waals surface area contributed by atoms with Crippen LogP contribution in [0.4, 0.5) is 0 Å². The Morgan fingerprint density at radius 1 is 1.13 bits per heavy atom. The zero-order chi connectivity index (χ0) is 16.4. The standard InChI is InChI=1S/C10H10Cl2O3.C6H6O.Na/c11-7-3-4-9(8(12)6-7)15-5-1-2-10(13)14;7-6-4-2-1-3-5-6;/h3-4,6H,1-2,5H2,(H,13,14);1-5,7H;/q;;+1/p-1. The number of halogens is 2. The van der Waals surface area contributed by atoms with Crippen LogP contribution in [0.25, 0.3) is 0 Å². The van der Waals surface area contributed by atoms with Gasteiger partial charge in [-0.1, -0.05) is 53.5 Å². The summed E-state index contributed by atoms with van der Waals surface area (Å²) in [5, 5.41) is 19.6. The van der Waals surface area contributed by atoms with Crippen molar-refractivity contribution in [3.8, 4) is 11.5 Å². The van der Waals surface area contributed by atoms with Gasteiger partial charge in [-0.05, 0) is 24.6 Å². The quantitative estimate of drug-likeness (QED) is 0.634. The Morgan fingerprint density at radius 3 is 2.26 bits per heavy atom. The molecule has 118 valence electrons. The maximum Gasteiger partial charge on any atom is 1.00 e. The topological polar surface area (TPSA) is 69.6 Å². The fourth-order valence-electron chi connectivity index (χ4n) is 1.42. The van der Waals surface area contributed by atoms with Crippen molar-refractivity contribution in [3.63, 3.8) is 0 Å². The maximum absolute atomic E-state index is 10.3. The minimum absolute atomic E-state index is 0. The Kier molecular flexibility index (Phi) is 12.0. The van der Waals surface area contributed by atoms with Gasteiger partial charge in [-0.25, -0.2) is 0 Å². The van der Waals surface area contributed by atoms with Crippen LogP contribution in [-0.2, 0) is 4.79 Å². The average molecular weight is 365 g/mol. The third-order valence-electron chi connectivity index (χ3n) is 2.43. The molecule has 1 N–H and O–H groups in total. The number of carboxylic acid groups (broad SMARTS) is 1. The molecular formula is C16H15Cl2NaO4. The molecule has 0 unspecified atom stereocenters.